The topological polar surface area (TPSA) is 12.5 Å². The Balaban J connectivity index is 1.86. The van der Waals surface area contributed by atoms with E-state index in [1.54, 1.807) is 0 Å². The lowest BCUT2D eigenvalue weighted by molar-refractivity contribution is -0.115. The van der Waals surface area contributed by atoms with Gasteiger partial charge in [0.15, 0.2) is 0 Å². The predicted molar refractivity (Wildman–Crippen MR) is 50.3 cm³/mol. The summed E-state index contributed by atoms with van der Waals surface area (Å²) in [6.07, 6.45) is 2.75. The molecule has 1 atom stereocenters. The van der Waals surface area contributed by atoms with E-state index < -0.39 is 0 Å². The second kappa shape index (κ2) is 2.63. The lowest BCUT2D eigenvalue weighted by Crippen LogP contribution is -2.60. The van der Waals surface area contributed by atoms with E-state index in [9.17, 15) is 0 Å². The Morgan fingerprint density at radius 3 is 2.67 bits per heavy atom. The molecule has 4 heterocycles. The molecule has 4 rings (SSSR count). The first-order chi connectivity index (χ1) is 5.89. The molecular weight excluding hydrogens is 170 g/mol. The molecule has 4 aliphatic rings. The molecule has 68 valence electrons. The number of hydrogen-bond donors (Lipinski definition) is 0. The first kappa shape index (κ1) is 7.65. The van der Waals surface area contributed by atoms with E-state index >= 15 is 0 Å². The highest BCUT2D eigenvalue weighted by atomic mass is 32.2. The molecule has 0 aromatic carbocycles. The largest absolute Gasteiger partial charge is 0.362 e. The standard InChI is InChI=1S/C9H15NOS/c1-3-10-4-2-8(1)9(5-10)6-12-7-11-9/h8H,1-7H2/t9-/m1/s1. The maximum atomic E-state index is 5.94. The van der Waals surface area contributed by atoms with E-state index in [4.69, 9.17) is 4.74 Å². The van der Waals surface area contributed by atoms with Crippen molar-refractivity contribution in [2.45, 2.75) is 18.4 Å². The molecule has 0 unspecified atom stereocenters. The van der Waals surface area contributed by atoms with Crippen molar-refractivity contribution in [3.63, 3.8) is 0 Å². The van der Waals surface area contributed by atoms with Crippen LogP contribution in [-0.2, 0) is 4.74 Å². The molecule has 2 bridgehead atoms. The molecule has 0 saturated carbocycles. The van der Waals surface area contributed by atoms with Crippen LogP contribution in [0.1, 0.15) is 12.8 Å². The number of nitrogens with zero attached hydrogens (tertiary/aromatic N) is 1. The van der Waals surface area contributed by atoms with Crippen LogP contribution in [0.2, 0.25) is 0 Å². The molecule has 0 amide bonds. The Labute approximate surface area is 77.6 Å². The fraction of sp³-hybridized carbons (Fsp3) is 1.00. The highest BCUT2D eigenvalue weighted by molar-refractivity contribution is 7.99. The van der Waals surface area contributed by atoms with Crippen LogP contribution in [0.4, 0.5) is 0 Å². The summed E-state index contributed by atoms with van der Waals surface area (Å²) in [5, 5.41) is 0. The Bertz CT molecular complexity index is 183. The maximum absolute atomic E-state index is 5.94. The van der Waals surface area contributed by atoms with Crippen LogP contribution in [0.3, 0.4) is 0 Å². The van der Waals surface area contributed by atoms with Crippen molar-refractivity contribution < 1.29 is 4.74 Å². The van der Waals surface area contributed by atoms with Gasteiger partial charge in [-0.2, -0.15) is 0 Å². The van der Waals surface area contributed by atoms with Gasteiger partial charge in [-0.1, -0.05) is 0 Å². The van der Waals surface area contributed by atoms with Gasteiger partial charge >= 0.3 is 0 Å². The monoisotopic (exact) mass is 185 g/mol. The van der Waals surface area contributed by atoms with Crippen molar-refractivity contribution in [2.24, 2.45) is 5.92 Å². The second-order valence-electron chi connectivity index (χ2n) is 4.23. The van der Waals surface area contributed by atoms with Crippen LogP contribution in [0.15, 0.2) is 0 Å². The van der Waals surface area contributed by atoms with Crippen molar-refractivity contribution in [3.8, 4) is 0 Å². The quantitative estimate of drug-likeness (QED) is 0.562. The van der Waals surface area contributed by atoms with Gasteiger partial charge < -0.3 is 9.64 Å². The van der Waals surface area contributed by atoms with Gasteiger partial charge in [-0.3, -0.25) is 0 Å². The molecule has 3 heteroatoms. The zero-order chi connectivity index (χ0) is 8.02. The number of ether oxygens (including phenoxy) is 1. The molecule has 1 spiro atoms. The van der Waals surface area contributed by atoms with Crippen molar-refractivity contribution in [1.29, 1.82) is 0 Å². The van der Waals surface area contributed by atoms with Crippen LogP contribution in [0.5, 0.6) is 0 Å². The van der Waals surface area contributed by atoms with E-state index in [0.717, 1.165) is 11.9 Å². The molecule has 4 saturated heterocycles. The van der Waals surface area contributed by atoms with Crippen LogP contribution in [0, 0.1) is 5.92 Å². The van der Waals surface area contributed by atoms with Crippen molar-refractivity contribution in [3.05, 3.63) is 0 Å². The first-order valence-corrected chi connectivity index (χ1v) is 5.99. The van der Waals surface area contributed by atoms with E-state index in [2.05, 4.69) is 4.90 Å². The van der Waals surface area contributed by atoms with Gasteiger partial charge in [0, 0.05) is 12.3 Å². The van der Waals surface area contributed by atoms with Crippen LogP contribution in [-0.4, -0.2) is 41.8 Å². The minimum atomic E-state index is 0.279. The number of piperidine rings is 3. The molecule has 0 aromatic heterocycles. The third-order valence-electron chi connectivity index (χ3n) is 3.60. The van der Waals surface area contributed by atoms with Gasteiger partial charge in [-0.15, -0.1) is 11.8 Å². The van der Waals surface area contributed by atoms with E-state index in [1.807, 2.05) is 11.8 Å². The summed E-state index contributed by atoms with van der Waals surface area (Å²) in [5.41, 5.74) is 0.279. The smallest absolute Gasteiger partial charge is 0.0939 e. The predicted octanol–water partition coefficient (Wildman–Crippen LogP) is 1.17. The zero-order valence-corrected chi connectivity index (χ0v) is 8.11. The molecule has 4 aliphatic heterocycles. The normalized spacial score (nSPS) is 52.0. The average molecular weight is 185 g/mol. The molecule has 0 radical (unpaired) electrons. The van der Waals surface area contributed by atoms with Gasteiger partial charge in [0.05, 0.1) is 11.5 Å². The Kier molecular flexibility index (Phi) is 1.68. The fourth-order valence-electron chi connectivity index (χ4n) is 2.87. The molecule has 2 nitrogen and oxygen atoms in total. The highest BCUT2D eigenvalue weighted by Gasteiger charge is 2.49. The molecule has 0 aromatic rings. The molecule has 12 heavy (non-hydrogen) atoms. The molecular formula is C9H15NOS. The van der Waals surface area contributed by atoms with Crippen molar-refractivity contribution in [1.82, 2.24) is 4.90 Å². The summed E-state index contributed by atoms with van der Waals surface area (Å²) in [6, 6.07) is 0. The number of rotatable bonds is 0. The lowest BCUT2D eigenvalue weighted by Gasteiger charge is -2.50. The van der Waals surface area contributed by atoms with Gasteiger partial charge in [0.1, 0.15) is 0 Å². The molecule has 0 N–H and O–H groups in total. The van der Waals surface area contributed by atoms with Crippen LogP contribution in [0.25, 0.3) is 0 Å². The van der Waals surface area contributed by atoms with Crippen molar-refractivity contribution in [2.75, 3.05) is 31.3 Å². The van der Waals surface area contributed by atoms with Gasteiger partial charge in [0.25, 0.3) is 0 Å². The summed E-state index contributed by atoms with van der Waals surface area (Å²) in [7, 11) is 0. The summed E-state index contributed by atoms with van der Waals surface area (Å²) in [4.78, 5) is 2.58. The second-order valence-corrected chi connectivity index (χ2v) is 5.16. The van der Waals surface area contributed by atoms with Gasteiger partial charge in [-0.25, -0.2) is 0 Å². The summed E-state index contributed by atoms with van der Waals surface area (Å²) in [6.45, 7) is 3.85. The van der Waals surface area contributed by atoms with E-state index in [1.165, 1.54) is 38.2 Å². The van der Waals surface area contributed by atoms with Gasteiger partial charge in [0.2, 0.25) is 0 Å². The zero-order valence-electron chi connectivity index (χ0n) is 7.29. The minimum Gasteiger partial charge on any atom is -0.362 e. The number of hydrogen-bond acceptors (Lipinski definition) is 3. The van der Waals surface area contributed by atoms with E-state index in [-0.39, 0.29) is 5.60 Å². The van der Waals surface area contributed by atoms with Gasteiger partial charge in [-0.05, 0) is 31.8 Å². The lowest BCUT2D eigenvalue weighted by atomic mass is 9.76. The number of fused-ring (bicyclic) bond motifs is 2. The van der Waals surface area contributed by atoms with E-state index in [0.29, 0.717) is 0 Å². The molecule has 0 aliphatic carbocycles. The van der Waals surface area contributed by atoms with Crippen molar-refractivity contribution >= 4 is 11.8 Å². The minimum absolute atomic E-state index is 0.279. The Morgan fingerprint density at radius 1 is 1.33 bits per heavy atom. The van der Waals surface area contributed by atoms with Crippen LogP contribution < -0.4 is 0 Å². The van der Waals surface area contributed by atoms with Crippen LogP contribution >= 0.6 is 11.8 Å². The summed E-state index contributed by atoms with van der Waals surface area (Å²) < 4.78 is 5.94. The first-order valence-electron chi connectivity index (χ1n) is 4.83. The summed E-state index contributed by atoms with van der Waals surface area (Å²) in [5.74, 6) is 3.05. The number of thioether (sulfide) groups is 1. The SMILES string of the molecule is C1O[C@@]2(CS1)CN1CCC2CC1. The summed E-state index contributed by atoms with van der Waals surface area (Å²) >= 11 is 1.97. The molecule has 4 fully saturated rings. The Morgan fingerprint density at radius 2 is 2.17 bits per heavy atom. The average Bonchev–Trinajstić information content (AvgIpc) is 2.55. The Hall–Kier alpha value is 0.270. The highest BCUT2D eigenvalue weighted by Crippen LogP contribution is 2.43. The fourth-order valence-corrected chi connectivity index (χ4v) is 4.02. The maximum Gasteiger partial charge on any atom is 0.0939 e. The third kappa shape index (κ3) is 0.963. The third-order valence-corrected chi connectivity index (χ3v) is 4.58.